The summed E-state index contributed by atoms with van der Waals surface area (Å²) in [5, 5.41) is 3.34. The first-order chi connectivity index (χ1) is 6.61. The smallest absolute Gasteiger partial charge is 0.0396 e. The summed E-state index contributed by atoms with van der Waals surface area (Å²) in [7, 11) is 0. The van der Waals surface area contributed by atoms with Gasteiger partial charge in [0.25, 0.3) is 0 Å². The number of pyridine rings is 1. The monoisotopic (exact) mass is 188 g/mol. The van der Waals surface area contributed by atoms with Crippen LogP contribution >= 0.6 is 0 Å². The number of terminal acetylenes is 1. The Hall–Kier alpha value is -1.49. The molecule has 0 aliphatic rings. The SMILES string of the molecule is C#CCC(C)Nc1cc(C)nc(C)c1. The number of hydrogen-bond acceptors (Lipinski definition) is 2. The average Bonchev–Trinajstić information content (AvgIpc) is 2.01. The number of rotatable bonds is 3. The van der Waals surface area contributed by atoms with Crippen LogP contribution in [0.2, 0.25) is 0 Å². The Bertz CT molecular complexity index is 330. The highest BCUT2D eigenvalue weighted by Crippen LogP contribution is 2.12. The first-order valence-electron chi connectivity index (χ1n) is 4.77. The van der Waals surface area contributed by atoms with Crippen molar-refractivity contribution < 1.29 is 0 Å². The second kappa shape index (κ2) is 4.66. The van der Waals surface area contributed by atoms with Crippen molar-refractivity contribution in [2.45, 2.75) is 33.2 Å². The zero-order chi connectivity index (χ0) is 10.6. The van der Waals surface area contributed by atoms with Crippen LogP contribution in [0.5, 0.6) is 0 Å². The van der Waals surface area contributed by atoms with E-state index in [1.165, 1.54) is 0 Å². The Morgan fingerprint density at radius 3 is 2.50 bits per heavy atom. The zero-order valence-corrected chi connectivity index (χ0v) is 8.96. The van der Waals surface area contributed by atoms with Crippen molar-refractivity contribution in [1.29, 1.82) is 0 Å². The lowest BCUT2D eigenvalue weighted by Crippen LogP contribution is -2.14. The minimum absolute atomic E-state index is 0.307. The van der Waals surface area contributed by atoms with Crippen molar-refractivity contribution in [2.75, 3.05) is 5.32 Å². The molecule has 1 N–H and O–H groups in total. The van der Waals surface area contributed by atoms with Gasteiger partial charge in [-0.2, -0.15) is 0 Å². The van der Waals surface area contributed by atoms with Gasteiger partial charge < -0.3 is 5.32 Å². The fourth-order valence-corrected chi connectivity index (χ4v) is 1.43. The molecule has 1 rings (SSSR count). The highest BCUT2D eigenvalue weighted by molar-refractivity contribution is 5.45. The van der Waals surface area contributed by atoms with Gasteiger partial charge in [-0.05, 0) is 32.9 Å². The summed E-state index contributed by atoms with van der Waals surface area (Å²) in [5.41, 5.74) is 3.15. The Morgan fingerprint density at radius 1 is 1.43 bits per heavy atom. The fourth-order valence-electron chi connectivity index (χ4n) is 1.43. The van der Waals surface area contributed by atoms with Crippen LogP contribution in [0.1, 0.15) is 24.7 Å². The largest absolute Gasteiger partial charge is 0.382 e. The molecule has 0 amide bonds. The Balaban J connectivity index is 2.72. The maximum absolute atomic E-state index is 5.24. The van der Waals surface area contributed by atoms with E-state index >= 15 is 0 Å². The molecule has 2 nitrogen and oxygen atoms in total. The van der Waals surface area contributed by atoms with Crippen LogP contribution < -0.4 is 5.32 Å². The molecule has 1 unspecified atom stereocenters. The molecule has 0 fully saturated rings. The predicted molar refractivity (Wildman–Crippen MR) is 60.2 cm³/mol. The molecule has 0 bridgehead atoms. The molecule has 14 heavy (non-hydrogen) atoms. The van der Waals surface area contributed by atoms with Gasteiger partial charge in [-0.25, -0.2) is 0 Å². The summed E-state index contributed by atoms with van der Waals surface area (Å²) in [6.45, 7) is 6.05. The third-order valence-electron chi connectivity index (χ3n) is 1.92. The molecule has 0 radical (unpaired) electrons. The molecule has 1 aromatic heterocycles. The molecular weight excluding hydrogens is 172 g/mol. The van der Waals surface area contributed by atoms with Crippen LogP contribution in [0.3, 0.4) is 0 Å². The Labute approximate surface area is 85.8 Å². The van der Waals surface area contributed by atoms with Crippen LogP contribution in [0.15, 0.2) is 12.1 Å². The predicted octanol–water partition coefficient (Wildman–Crippen LogP) is 2.52. The lowest BCUT2D eigenvalue weighted by Gasteiger charge is -2.13. The summed E-state index contributed by atoms with van der Waals surface area (Å²) in [6, 6.07) is 4.36. The summed E-state index contributed by atoms with van der Waals surface area (Å²) < 4.78 is 0. The van der Waals surface area contributed by atoms with Crippen LogP contribution in [-0.4, -0.2) is 11.0 Å². The molecule has 1 atom stereocenters. The van der Waals surface area contributed by atoms with Crippen LogP contribution in [0.25, 0.3) is 0 Å². The molecule has 2 heteroatoms. The number of aromatic nitrogens is 1. The highest BCUT2D eigenvalue weighted by Gasteiger charge is 2.01. The van der Waals surface area contributed by atoms with Gasteiger partial charge in [0.1, 0.15) is 0 Å². The average molecular weight is 188 g/mol. The van der Waals surface area contributed by atoms with Crippen molar-refractivity contribution in [2.24, 2.45) is 0 Å². The molecule has 0 saturated heterocycles. The maximum Gasteiger partial charge on any atom is 0.0396 e. The molecule has 0 aliphatic carbocycles. The van der Waals surface area contributed by atoms with Crippen LogP contribution in [-0.2, 0) is 0 Å². The number of aryl methyl sites for hydroxylation is 2. The summed E-state index contributed by atoms with van der Waals surface area (Å²) >= 11 is 0. The van der Waals surface area contributed by atoms with Gasteiger partial charge in [0.05, 0.1) is 0 Å². The van der Waals surface area contributed by atoms with Crippen LogP contribution in [0, 0.1) is 26.2 Å². The third-order valence-corrected chi connectivity index (χ3v) is 1.92. The van der Waals surface area contributed by atoms with Crippen molar-refractivity contribution in [1.82, 2.24) is 4.98 Å². The van der Waals surface area contributed by atoms with E-state index in [1.807, 2.05) is 26.0 Å². The standard InChI is InChI=1S/C12H16N2/c1-5-6-9(2)14-12-7-10(3)13-11(4)8-12/h1,7-9H,6H2,2-4H3,(H,13,14). The molecule has 0 aliphatic heterocycles. The van der Waals surface area contributed by atoms with E-state index in [2.05, 4.69) is 23.1 Å². The van der Waals surface area contributed by atoms with Gasteiger partial charge in [0.15, 0.2) is 0 Å². The van der Waals surface area contributed by atoms with E-state index < -0.39 is 0 Å². The van der Waals surface area contributed by atoms with E-state index in [0.717, 1.165) is 23.5 Å². The lowest BCUT2D eigenvalue weighted by atomic mass is 10.2. The van der Waals surface area contributed by atoms with E-state index in [9.17, 15) is 0 Å². The molecular formula is C12H16N2. The number of nitrogens with one attached hydrogen (secondary N) is 1. The highest BCUT2D eigenvalue weighted by atomic mass is 14.9. The second-order valence-corrected chi connectivity index (χ2v) is 3.59. The summed E-state index contributed by atoms with van der Waals surface area (Å²) in [4.78, 5) is 4.31. The van der Waals surface area contributed by atoms with E-state index in [0.29, 0.717) is 6.04 Å². The van der Waals surface area contributed by atoms with Gasteiger partial charge in [-0.15, -0.1) is 12.3 Å². The normalized spacial score (nSPS) is 11.9. The van der Waals surface area contributed by atoms with Gasteiger partial charge >= 0.3 is 0 Å². The van der Waals surface area contributed by atoms with Crippen molar-refractivity contribution in [3.63, 3.8) is 0 Å². The van der Waals surface area contributed by atoms with Crippen molar-refractivity contribution >= 4 is 5.69 Å². The van der Waals surface area contributed by atoms with Gasteiger partial charge in [0.2, 0.25) is 0 Å². The van der Waals surface area contributed by atoms with Gasteiger partial charge in [0, 0.05) is 29.5 Å². The number of nitrogens with zero attached hydrogens (tertiary/aromatic N) is 1. The van der Waals surface area contributed by atoms with Crippen LogP contribution in [0.4, 0.5) is 5.69 Å². The topological polar surface area (TPSA) is 24.9 Å². The van der Waals surface area contributed by atoms with E-state index in [-0.39, 0.29) is 0 Å². The van der Waals surface area contributed by atoms with Gasteiger partial charge in [-0.3, -0.25) is 4.98 Å². The quantitative estimate of drug-likeness (QED) is 0.737. The van der Waals surface area contributed by atoms with E-state index in [1.54, 1.807) is 0 Å². The molecule has 1 aromatic rings. The Morgan fingerprint density at radius 2 is 2.00 bits per heavy atom. The zero-order valence-electron chi connectivity index (χ0n) is 8.96. The maximum atomic E-state index is 5.24. The number of anilines is 1. The molecule has 0 aromatic carbocycles. The first kappa shape index (κ1) is 10.6. The molecule has 0 saturated carbocycles. The van der Waals surface area contributed by atoms with Crippen molar-refractivity contribution in [3.05, 3.63) is 23.5 Å². The fraction of sp³-hybridized carbons (Fsp3) is 0.417. The third kappa shape index (κ3) is 3.10. The number of hydrogen-bond donors (Lipinski definition) is 1. The summed E-state index contributed by atoms with van der Waals surface area (Å²) in [5.74, 6) is 2.64. The minimum Gasteiger partial charge on any atom is -0.382 e. The van der Waals surface area contributed by atoms with Crippen molar-refractivity contribution in [3.8, 4) is 12.3 Å². The van der Waals surface area contributed by atoms with E-state index in [4.69, 9.17) is 6.42 Å². The molecule has 74 valence electrons. The first-order valence-corrected chi connectivity index (χ1v) is 4.77. The Kier molecular flexibility index (Phi) is 3.53. The molecule has 0 spiro atoms. The lowest BCUT2D eigenvalue weighted by molar-refractivity contribution is 0.827. The minimum atomic E-state index is 0.307. The molecule has 1 heterocycles. The van der Waals surface area contributed by atoms with Gasteiger partial charge in [-0.1, -0.05) is 0 Å². The summed E-state index contributed by atoms with van der Waals surface area (Å²) in [6.07, 6.45) is 5.98. The second-order valence-electron chi connectivity index (χ2n) is 3.59.